The summed E-state index contributed by atoms with van der Waals surface area (Å²) in [6.45, 7) is 2.99. The number of hydrogen-bond acceptors (Lipinski definition) is 3. The minimum absolute atomic E-state index is 0.192. The molecule has 4 nitrogen and oxygen atoms in total. The van der Waals surface area contributed by atoms with Crippen molar-refractivity contribution in [3.63, 3.8) is 0 Å². The van der Waals surface area contributed by atoms with Gasteiger partial charge in [-0.25, -0.2) is 0 Å². The summed E-state index contributed by atoms with van der Waals surface area (Å²) in [4.78, 5) is 0. The van der Waals surface area contributed by atoms with Crippen LogP contribution in [-0.4, -0.2) is 21.4 Å². The number of aryl methyl sites for hydroxylation is 1. The third-order valence-corrected chi connectivity index (χ3v) is 3.28. The number of phenolic OH excluding ortho intramolecular Hbond substituents is 1. The van der Waals surface area contributed by atoms with Crippen LogP contribution in [0.4, 0.5) is 0 Å². The second kappa shape index (κ2) is 6.38. The van der Waals surface area contributed by atoms with Crippen LogP contribution in [0.3, 0.4) is 0 Å². The smallest absolute Gasteiger partial charge is 0.120 e. The number of aromatic hydroxyl groups is 1. The molecule has 0 saturated carbocycles. The lowest BCUT2D eigenvalue weighted by molar-refractivity contribution is 0.442. The minimum Gasteiger partial charge on any atom is -0.508 e. The number of hydrogen-bond donors (Lipinski definition) is 2. The molecule has 0 amide bonds. The van der Waals surface area contributed by atoms with Crippen LogP contribution in [0.15, 0.2) is 36.7 Å². The molecule has 0 radical (unpaired) electrons. The van der Waals surface area contributed by atoms with E-state index in [4.69, 9.17) is 0 Å². The average molecular weight is 259 g/mol. The maximum absolute atomic E-state index is 9.88. The van der Waals surface area contributed by atoms with E-state index in [1.54, 1.807) is 6.07 Å². The Kier molecular flexibility index (Phi) is 4.58. The maximum Gasteiger partial charge on any atom is 0.120 e. The van der Waals surface area contributed by atoms with Gasteiger partial charge in [0.1, 0.15) is 5.75 Å². The molecule has 2 rings (SSSR count). The lowest BCUT2D eigenvalue weighted by Crippen LogP contribution is -2.23. The quantitative estimate of drug-likeness (QED) is 0.837. The van der Waals surface area contributed by atoms with E-state index in [-0.39, 0.29) is 6.04 Å². The number of nitrogens with zero attached hydrogens (tertiary/aromatic N) is 2. The summed E-state index contributed by atoms with van der Waals surface area (Å²) in [5.74, 6) is 0.364. The van der Waals surface area contributed by atoms with Gasteiger partial charge in [0.05, 0.1) is 6.20 Å². The van der Waals surface area contributed by atoms with Crippen molar-refractivity contribution in [3.8, 4) is 5.75 Å². The van der Waals surface area contributed by atoms with Gasteiger partial charge in [0.2, 0.25) is 0 Å². The first-order valence-electron chi connectivity index (χ1n) is 6.69. The predicted octanol–water partition coefficient (Wildman–Crippen LogP) is 2.41. The van der Waals surface area contributed by atoms with Crippen LogP contribution in [0.5, 0.6) is 5.75 Å². The van der Waals surface area contributed by atoms with Crippen LogP contribution in [0.2, 0.25) is 0 Å². The normalized spacial score (nSPS) is 12.5. The Morgan fingerprint density at radius 2 is 2.16 bits per heavy atom. The third kappa shape index (κ3) is 3.58. The Morgan fingerprint density at radius 1 is 1.37 bits per heavy atom. The zero-order valence-corrected chi connectivity index (χ0v) is 11.5. The molecule has 4 heteroatoms. The molecule has 1 heterocycles. The molecule has 0 bridgehead atoms. The summed E-state index contributed by atoms with van der Waals surface area (Å²) in [7, 11) is 1.92. The number of rotatable bonds is 6. The minimum atomic E-state index is 0.192. The van der Waals surface area contributed by atoms with Crippen molar-refractivity contribution in [2.45, 2.75) is 25.8 Å². The van der Waals surface area contributed by atoms with Crippen molar-refractivity contribution in [2.24, 2.45) is 7.05 Å². The van der Waals surface area contributed by atoms with Crippen molar-refractivity contribution in [1.82, 2.24) is 15.1 Å². The first-order valence-corrected chi connectivity index (χ1v) is 6.69. The van der Waals surface area contributed by atoms with Gasteiger partial charge < -0.3 is 10.4 Å². The molecule has 1 aromatic carbocycles. The molecule has 1 aromatic heterocycles. The summed E-state index contributed by atoms with van der Waals surface area (Å²) in [5, 5.41) is 17.5. The van der Waals surface area contributed by atoms with Gasteiger partial charge in [-0.2, -0.15) is 5.10 Å². The number of para-hydroxylation sites is 1. The Morgan fingerprint density at radius 3 is 2.79 bits per heavy atom. The predicted molar refractivity (Wildman–Crippen MR) is 76.1 cm³/mol. The van der Waals surface area contributed by atoms with Gasteiger partial charge >= 0.3 is 0 Å². The zero-order chi connectivity index (χ0) is 13.7. The molecule has 2 aromatic rings. The molecule has 102 valence electrons. The van der Waals surface area contributed by atoms with Crippen molar-refractivity contribution < 1.29 is 5.11 Å². The van der Waals surface area contributed by atoms with Crippen LogP contribution < -0.4 is 5.32 Å². The van der Waals surface area contributed by atoms with E-state index in [0.29, 0.717) is 5.75 Å². The van der Waals surface area contributed by atoms with Crippen LogP contribution in [0, 0.1) is 0 Å². The summed E-state index contributed by atoms with van der Waals surface area (Å²) < 4.78 is 1.82. The molecule has 0 aliphatic carbocycles. The highest BCUT2D eigenvalue weighted by Gasteiger charge is 2.12. The van der Waals surface area contributed by atoms with Crippen LogP contribution >= 0.6 is 0 Å². The van der Waals surface area contributed by atoms with E-state index in [9.17, 15) is 5.11 Å². The Bertz CT molecular complexity index is 522. The SMILES string of the molecule is CCC(NCCc1cnn(C)c1)c1ccccc1O. The molecule has 0 aliphatic heterocycles. The van der Waals surface area contributed by atoms with Crippen LogP contribution in [-0.2, 0) is 13.5 Å². The average Bonchev–Trinajstić information content (AvgIpc) is 2.82. The van der Waals surface area contributed by atoms with Gasteiger partial charge in [0.25, 0.3) is 0 Å². The highest BCUT2D eigenvalue weighted by Crippen LogP contribution is 2.25. The maximum atomic E-state index is 9.88. The third-order valence-electron chi connectivity index (χ3n) is 3.28. The molecule has 1 unspecified atom stereocenters. The van der Waals surface area contributed by atoms with Gasteiger partial charge in [-0.1, -0.05) is 25.1 Å². The summed E-state index contributed by atoms with van der Waals surface area (Å²) in [5.41, 5.74) is 2.19. The van der Waals surface area contributed by atoms with Crippen LogP contribution in [0.1, 0.15) is 30.5 Å². The first-order chi connectivity index (χ1) is 9.20. The highest BCUT2D eigenvalue weighted by atomic mass is 16.3. The Labute approximate surface area is 114 Å². The van der Waals surface area contributed by atoms with Crippen molar-refractivity contribution in [3.05, 3.63) is 47.8 Å². The summed E-state index contributed by atoms with van der Waals surface area (Å²) >= 11 is 0. The number of aromatic nitrogens is 2. The Hall–Kier alpha value is -1.81. The summed E-state index contributed by atoms with van der Waals surface area (Å²) in [6, 6.07) is 7.71. The topological polar surface area (TPSA) is 50.1 Å². The fraction of sp³-hybridized carbons (Fsp3) is 0.400. The van der Waals surface area contributed by atoms with Gasteiger partial charge in [-0.05, 0) is 31.0 Å². The van der Waals surface area contributed by atoms with Crippen LogP contribution in [0.25, 0.3) is 0 Å². The van der Waals surface area contributed by atoms with Gasteiger partial charge in [-0.3, -0.25) is 4.68 Å². The van der Waals surface area contributed by atoms with Gasteiger partial charge in [-0.15, -0.1) is 0 Å². The van der Waals surface area contributed by atoms with E-state index in [1.165, 1.54) is 5.56 Å². The van der Waals surface area contributed by atoms with Crippen molar-refractivity contribution in [2.75, 3.05) is 6.54 Å². The molecule has 0 spiro atoms. The molecule has 0 saturated heterocycles. The van der Waals surface area contributed by atoms with Gasteiger partial charge in [0, 0.05) is 24.8 Å². The Balaban J connectivity index is 1.91. The number of phenols is 1. The fourth-order valence-electron chi connectivity index (χ4n) is 2.25. The standard InChI is InChI=1S/C15H21N3O/c1-3-14(13-6-4-5-7-15(13)19)16-9-8-12-10-17-18(2)11-12/h4-7,10-11,14,16,19H,3,8-9H2,1-2H3. The van der Waals surface area contributed by atoms with E-state index in [0.717, 1.165) is 24.9 Å². The van der Waals surface area contributed by atoms with E-state index in [1.807, 2.05) is 42.3 Å². The van der Waals surface area contributed by atoms with E-state index < -0.39 is 0 Å². The molecule has 0 aliphatic rings. The molecule has 2 N–H and O–H groups in total. The monoisotopic (exact) mass is 259 g/mol. The van der Waals surface area contributed by atoms with Gasteiger partial charge in [0.15, 0.2) is 0 Å². The van der Waals surface area contributed by atoms with E-state index >= 15 is 0 Å². The second-order valence-corrected chi connectivity index (χ2v) is 4.75. The van der Waals surface area contributed by atoms with Crippen molar-refractivity contribution in [1.29, 1.82) is 0 Å². The zero-order valence-electron chi connectivity index (χ0n) is 11.5. The first kappa shape index (κ1) is 13.6. The molecule has 1 atom stereocenters. The largest absolute Gasteiger partial charge is 0.508 e. The second-order valence-electron chi connectivity index (χ2n) is 4.75. The highest BCUT2D eigenvalue weighted by molar-refractivity contribution is 5.34. The lowest BCUT2D eigenvalue weighted by Gasteiger charge is -2.18. The number of nitrogens with one attached hydrogen (secondary N) is 1. The molecular weight excluding hydrogens is 238 g/mol. The fourth-order valence-corrected chi connectivity index (χ4v) is 2.25. The number of benzene rings is 1. The van der Waals surface area contributed by atoms with Crippen molar-refractivity contribution >= 4 is 0 Å². The molecular formula is C15H21N3O. The molecule has 0 fully saturated rings. The lowest BCUT2D eigenvalue weighted by atomic mass is 10.0. The molecule has 19 heavy (non-hydrogen) atoms. The van der Waals surface area contributed by atoms with E-state index in [2.05, 4.69) is 17.3 Å². The summed E-state index contributed by atoms with van der Waals surface area (Å²) in [6.07, 6.45) is 5.81.